The maximum absolute atomic E-state index is 3.73. The first-order valence-corrected chi connectivity index (χ1v) is 12.8. The summed E-state index contributed by atoms with van der Waals surface area (Å²) in [6, 6.07) is 44.5. The van der Waals surface area contributed by atoms with Crippen molar-refractivity contribution in [2.24, 2.45) is 0 Å². The van der Waals surface area contributed by atoms with Gasteiger partial charge < -0.3 is 19.6 Å². The van der Waals surface area contributed by atoms with Crippen molar-refractivity contribution >= 4 is 34.1 Å². The van der Waals surface area contributed by atoms with Crippen LogP contribution in [-0.2, 0) is 19.8 Å². The molecule has 194 valence electrons. The van der Waals surface area contributed by atoms with Crippen molar-refractivity contribution in [3.63, 3.8) is 0 Å². The third kappa shape index (κ3) is 4.48. The van der Waals surface area contributed by atoms with E-state index in [2.05, 4.69) is 168 Å². The number of rotatable bonds is 4. The summed E-state index contributed by atoms with van der Waals surface area (Å²) >= 11 is 0. The van der Waals surface area contributed by atoms with E-state index in [1.807, 2.05) is 0 Å². The summed E-state index contributed by atoms with van der Waals surface area (Å²) in [7, 11) is 4.18. The quantitative estimate of drug-likeness (QED) is 0.177. The van der Waals surface area contributed by atoms with Crippen LogP contribution in [0.1, 0.15) is 0 Å². The molecule has 0 N–H and O–H groups in total. The Hall–Kier alpha value is -4.06. The molecular weight excluding hydrogens is 655 g/mol. The second-order valence-electron chi connectivity index (χ2n) is 9.75. The Morgan fingerprint density at radius 1 is 0.462 bits per heavy atom. The number of para-hydroxylation sites is 4. The van der Waals surface area contributed by atoms with Gasteiger partial charge in [0.05, 0.1) is 0 Å². The zero-order valence-corrected chi connectivity index (χ0v) is 24.3. The average molecular weight is 682 g/mol. The maximum atomic E-state index is 3.73. The average Bonchev–Trinajstić information content (AvgIpc) is 3.50. The molecule has 0 spiro atoms. The molecule has 0 unspecified atom stereocenters. The predicted octanol–water partition coefficient (Wildman–Crippen LogP) is 8.23. The van der Waals surface area contributed by atoms with Crippen LogP contribution in [0.3, 0.4) is 0 Å². The molecule has 0 aliphatic carbocycles. The number of benzene rings is 5. The largest absolute Gasteiger partial charge is 0.504 e. The van der Waals surface area contributed by atoms with Crippen LogP contribution in [-0.4, -0.2) is 14.1 Å². The summed E-state index contributed by atoms with van der Waals surface area (Å²) in [5.74, 6) is 0. The van der Waals surface area contributed by atoms with Crippen molar-refractivity contribution in [2.45, 2.75) is 0 Å². The van der Waals surface area contributed by atoms with Crippen LogP contribution in [0.5, 0.6) is 0 Å². The molecule has 5 aromatic carbocycles. The summed E-state index contributed by atoms with van der Waals surface area (Å²) in [5, 5.41) is 0. The molecule has 2 aliphatic rings. The van der Waals surface area contributed by atoms with Crippen molar-refractivity contribution in [3.05, 3.63) is 135 Å². The van der Waals surface area contributed by atoms with E-state index in [0.717, 1.165) is 28.3 Å². The molecule has 2 heterocycles. The van der Waals surface area contributed by atoms with Gasteiger partial charge in [-0.1, -0.05) is 78.9 Å². The normalized spacial score (nSPS) is 13.8. The molecule has 0 amide bonds. The molecule has 0 bridgehead atoms. The first kappa shape index (κ1) is 25.2. The molecule has 0 atom stereocenters. The maximum Gasteiger partial charge on any atom is 0.0326 e. The minimum Gasteiger partial charge on any atom is -0.504 e. The number of hydrogen-bond donors (Lipinski definition) is 0. The summed E-state index contributed by atoms with van der Waals surface area (Å²) in [5.41, 5.74) is 11.4. The van der Waals surface area contributed by atoms with E-state index in [4.69, 9.17) is 0 Å². The second-order valence-corrected chi connectivity index (χ2v) is 9.75. The van der Waals surface area contributed by atoms with E-state index in [1.54, 1.807) is 0 Å². The number of fused-ring (bicyclic) bond motifs is 2. The van der Waals surface area contributed by atoms with Crippen molar-refractivity contribution < 1.29 is 19.8 Å². The molecular formula is C34H27N4Os-3. The summed E-state index contributed by atoms with van der Waals surface area (Å²) < 4.78 is 0. The molecule has 7 rings (SSSR count). The molecule has 0 saturated carbocycles. The topological polar surface area (TPSA) is 13.0 Å². The fraction of sp³-hybridized carbons (Fsp3) is 0.0588. The van der Waals surface area contributed by atoms with E-state index in [0.29, 0.717) is 0 Å². The van der Waals surface area contributed by atoms with Gasteiger partial charge in [-0.2, -0.15) is 13.3 Å². The van der Waals surface area contributed by atoms with Crippen LogP contribution < -0.4 is 19.6 Å². The molecule has 4 nitrogen and oxygen atoms in total. The Balaban J connectivity index is 0.00000277. The van der Waals surface area contributed by atoms with Crippen molar-refractivity contribution in [2.75, 3.05) is 33.7 Å². The third-order valence-electron chi connectivity index (χ3n) is 7.30. The van der Waals surface area contributed by atoms with E-state index in [-0.39, 0.29) is 19.8 Å². The molecule has 39 heavy (non-hydrogen) atoms. The van der Waals surface area contributed by atoms with Crippen LogP contribution in [0.4, 0.5) is 34.1 Å². The Morgan fingerprint density at radius 2 is 0.846 bits per heavy atom. The fourth-order valence-electron chi connectivity index (χ4n) is 5.36. The molecule has 2 aliphatic heterocycles. The first-order chi connectivity index (χ1) is 18.7. The van der Waals surface area contributed by atoms with Crippen molar-refractivity contribution in [1.82, 2.24) is 0 Å². The van der Waals surface area contributed by atoms with E-state index < -0.39 is 0 Å². The standard InChI is InChI=1S/C34H27N4.Os/c1-35-23-37(33-14-8-6-12-31(33)35)29-20-28(27-18-16-26(17-19-27)25-10-4-3-5-11-25)21-30(22-29)38-24-36(2)32-13-7-9-15-34(32)38;/h3-21,23-24H,1-2H3;/q-3;. The van der Waals surface area contributed by atoms with Crippen LogP contribution in [0.15, 0.2) is 115 Å². The molecule has 0 aromatic heterocycles. The Bertz CT molecular complexity index is 1540. The fourth-order valence-corrected chi connectivity index (χ4v) is 5.36. The van der Waals surface area contributed by atoms with Crippen molar-refractivity contribution in [3.8, 4) is 22.3 Å². The van der Waals surface area contributed by atoms with Gasteiger partial charge in [0.2, 0.25) is 0 Å². The SMILES string of the molecule is CN1[CH-]N(c2[c-]c(N3[CH-]N(C)c4ccccc43)cc(-c3ccc(-c4ccccc4)cc3)c2)c2ccccc21.[Os]. The number of hydrogen-bond acceptors (Lipinski definition) is 4. The smallest absolute Gasteiger partial charge is 0.0326 e. The second kappa shape index (κ2) is 10.2. The van der Waals surface area contributed by atoms with Gasteiger partial charge in [0, 0.05) is 42.5 Å². The zero-order chi connectivity index (χ0) is 25.6. The van der Waals surface area contributed by atoms with Gasteiger partial charge in [-0.3, -0.25) is 0 Å². The Kier molecular flexibility index (Phi) is 6.63. The summed E-state index contributed by atoms with van der Waals surface area (Å²) in [4.78, 5) is 8.78. The Labute approximate surface area is 243 Å². The van der Waals surface area contributed by atoms with Gasteiger partial charge in [-0.15, -0.1) is 35.1 Å². The van der Waals surface area contributed by atoms with Gasteiger partial charge in [0.25, 0.3) is 0 Å². The van der Waals surface area contributed by atoms with Gasteiger partial charge >= 0.3 is 0 Å². The van der Waals surface area contributed by atoms with E-state index in [9.17, 15) is 0 Å². The third-order valence-corrected chi connectivity index (χ3v) is 7.30. The van der Waals surface area contributed by atoms with Crippen molar-refractivity contribution in [1.29, 1.82) is 0 Å². The minimum atomic E-state index is 0. The van der Waals surface area contributed by atoms with Gasteiger partial charge in [0.1, 0.15) is 0 Å². The molecule has 5 heteroatoms. The van der Waals surface area contributed by atoms with Gasteiger partial charge in [0.15, 0.2) is 0 Å². The molecule has 5 aromatic rings. The Morgan fingerprint density at radius 3 is 1.33 bits per heavy atom. The van der Waals surface area contributed by atoms with E-state index >= 15 is 0 Å². The van der Waals surface area contributed by atoms with Gasteiger partial charge in [-0.05, 0) is 55.1 Å². The zero-order valence-electron chi connectivity index (χ0n) is 21.8. The molecule has 0 fully saturated rings. The number of nitrogens with zero attached hydrogens (tertiary/aromatic N) is 4. The van der Waals surface area contributed by atoms with Crippen LogP contribution in [0, 0.1) is 19.4 Å². The molecule has 0 saturated heterocycles. The predicted molar refractivity (Wildman–Crippen MR) is 159 cm³/mol. The van der Waals surface area contributed by atoms with Crippen LogP contribution in [0.25, 0.3) is 22.3 Å². The molecule has 0 radical (unpaired) electrons. The van der Waals surface area contributed by atoms with Gasteiger partial charge in [-0.25, -0.2) is 0 Å². The summed E-state index contributed by atoms with van der Waals surface area (Å²) in [6.07, 6.45) is 0. The minimum absolute atomic E-state index is 0. The van der Waals surface area contributed by atoms with Crippen LogP contribution >= 0.6 is 0 Å². The first-order valence-electron chi connectivity index (χ1n) is 12.8. The van der Waals surface area contributed by atoms with E-state index in [1.165, 1.54) is 28.1 Å². The van der Waals surface area contributed by atoms with Crippen LogP contribution in [0.2, 0.25) is 0 Å². The number of anilines is 6. The monoisotopic (exact) mass is 683 g/mol. The summed E-state index contributed by atoms with van der Waals surface area (Å²) in [6.45, 7) is 4.27.